The number of hydrogen-bond acceptors (Lipinski definition) is 7. The summed E-state index contributed by atoms with van der Waals surface area (Å²) in [6.45, 7) is 2.09. The van der Waals surface area contributed by atoms with E-state index in [4.69, 9.17) is 18.6 Å². The first-order valence-corrected chi connectivity index (χ1v) is 9.94. The van der Waals surface area contributed by atoms with Gasteiger partial charge >= 0.3 is 5.97 Å². The molecular formula is C24H24N2O6. The molecule has 0 aliphatic rings. The van der Waals surface area contributed by atoms with E-state index in [-0.39, 0.29) is 18.3 Å². The Morgan fingerprint density at radius 2 is 1.75 bits per heavy atom. The van der Waals surface area contributed by atoms with Gasteiger partial charge in [0.1, 0.15) is 11.5 Å². The summed E-state index contributed by atoms with van der Waals surface area (Å²) in [6.07, 6.45) is 1.55. The standard InChI is InChI=1S/C24H24N2O6/c1-4-31-24(28)18-8-6-17(7-9-18)20-12-10-19(32-20)15-25-26-23(27)14-16-5-11-21(29-2)22(13-16)30-3/h5-13,15H,4,14H2,1-3H3,(H,26,27). The van der Waals surface area contributed by atoms with Crippen molar-refractivity contribution < 1.29 is 28.2 Å². The van der Waals surface area contributed by atoms with Crippen LogP contribution in [0, 0.1) is 0 Å². The molecule has 1 aromatic heterocycles. The number of methoxy groups -OCH3 is 2. The average molecular weight is 436 g/mol. The molecule has 2 aromatic carbocycles. The van der Waals surface area contributed by atoms with E-state index in [1.807, 2.05) is 0 Å². The second-order valence-corrected chi connectivity index (χ2v) is 6.66. The van der Waals surface area contributed by atoms with E-state index in [1.165, 1.54) is 6.21 Å². The fraction of sp³-hybridized carbons (Fsp3) is 0.208. The lowest BCUT2D eigenvalue weighted by Gasteiger charge is -2.09. The molecule has 1 N–H and O–H groups in total. The third-order valence-electron chi connectivity index (χ3n) is 4.50. The van der Waals surface area contributed by atoms with Gasteiger partial charge in [0.15, 0.2) is 11.5 Å². The van der Waals surface area contributed by atoms with E-state index >= 15 is 0 Å². The molecule has 0 spiro atoms. The van der Waals surface area contributed by atoms with Crippen LogP contribution in [-0.4, -0.2) is 38.9 Å². The van der Waals surface area contributed by atoms with Crippen molar-refractivity contribution in [3.63, 3.8) is 0 Å². The lowest BCUT2D eigenvalue weighted by molar-refractivity contribution is -0.120. The molecule has 8 nitrogen and oxygen atoms in total. The molecule has 8 heteroatoms. The number of carbonyl (C=O) groups is 2. The van der Waals surface area contributed by atoms with Gasteiger partial charge in [-0.25, -0.2) is 10.2 Å². The Morgan fingerprint density at radius 3 is 2.44 bits per heavy atom. The van der Waals surface area contributed by atoms with Gasteiger partial charge in [0.05, 0.1) is 39.0 Å². The largest absolute Gasteiger partial charge is 0.493 e. The number of nitrogens with zero attached hydrogens (tertiary/aromatic N) is 1. The van der Waals surface area contributed by atoms with Gasteiger partial charge in [-0.15, -0.1) is 0 Å². The third kappa shape index (κ3) is 5.75. The summed E-state index contributed by atoms with van der Waals surface area (Å²) in [5, 5.41) is 3.94. The van der Waals surface area contributed by atoms with Crippen LogP contribution in [-0.2, 0) is 16.0 Å². The van der Waals surface area contributed by atoms with Crippen LogP contribution >= 0.6 is 0 Å². The molecule has 1 heterocycles. The number of carbonyl (C=O) groups excluding carboxylic acids is 2. The van der Waals surface area contributed by atoms with Gasteiger partial charge in [-0.1, -0.05) is 18.2 Å². The fourth-order valence-electron chi connectivity index (χ4n) is 2.95. The zero-order valence-corrected chi connectivity index (χ0v) is 18.1. The molecule has 0 fully saturated rings. The van der Waals surface area contributed by atoms with Crippen molar-refractivity contribution in [2.45, 2.75) is 13.3 Å². The van der Waals surface area contributed by atoms with E-state index in [1.54, 1.807) is 75.7 Å². The summed E-state index contributed by atoms with van der Waals surface area (Å²) in [5.41, 5.74) is 4.51. The van der Waals surface area contributed by atoms with Gasteiger partial charge in [0.2, 0.25) is 5.91 Å². The summed E-state index contributed by atoms with van der Waals surface area (Å²) in [7, 11) is 3.09. The molecule has 0 saturated heterocycles. The zero-order valence-electron chi connectivity index (χ0n) is 18.1. The lowest BCUT2D eigenvalue weighted by Crippen LogP contribution is -2.19. The first-order chi connectivity index (χ1) is 15.5. The Bertz CT molecular complexity index is 1100. The Hall–Kier alpha value is -4.07. The highest BCUT2D eigenvalue weighted by molar-refractivity contribution is 5.90. The molecule has 0 aliphatic carbocycles. The van der Waals surface area contributed by atoms with Gasteiger partial charge < -0.3 is 18.6 Å². The van der Waals surface area contributed by atoms with Crippen molar-refractivity contribution in [1.82, 2.24) is 5.43 Å². The van der Waals surface area contributed by atoms with E-state index < -0.39 is 0 Å². The first-order valence-electron chi connectivity index (χ1n) is 9.94. The minimum Gasteiger partial charge on any atom is -0.493 e. The van der Waals surface area contributed by atoms with E-state index in [2.05, 4.69) is 10.5 Å². The SMILES string of the molecule is CCOC(=O)c1ccc(-c2ccc(C=NNC(=O)Cc3ccc(OC)c(OC)c3)o2)cc1. The van der Waals surface area contributed by atoms with Crippen LogP contribution < -0.4 is 14.9 Å². The molecule has 0 bridgehead atoms. The number of ether oxygens (including phenoxy) is 3. The molecule has 0 saturated carbocycles. The summed E-state index contributed by atoms with van der Waals surface area (Å²) in [4.78, 5) is 23.9. The van der Waals surface area contributed by atoms with Gasteiger partial charge in [0, 0.05) is 5.56 Å². The highest BCUT2D eigenvalue weighted by atomic mass is 16.5. The Morgan fingerprint density at radius 1 is 1.00 bits per heavy atom. The molecule has 1 amide bonds. The normalized spacial score (nSPS) is 10.7. The summed E-state index contributed by atoms with van der Waals surface area (Å²) >= 11 is 0. The molecular weight excluding hydrogens is 412 g/mol. The summed E-state index contributed by atoms with van der Waals surface area (Å²) in [5.74, 6) is 1.59. The van der Waals surface area contributed by atoms with Crippen LogP contribution in [0.5, 0.6) is 11.5 Å². The minimum atomic E-state index is -0.366. The predicted octanol–water partition coefficient (Wildman–Crippen LogP) is 3.83. The van der Waals surface area contributed by atoms with Crippen molar-refractivity contribution in [2.24, 2.45) is 5.10 Å². The molecule has 166 valence electrons. The lowest BCUT2D eigenvalue weighted by atomic mass is 10.1. The predicted molar refractivity (Wildman–Crippen MR) is 119 cm³/mol. The van der Waals surface area contributed by atoms with Crippen LogP contribution in [0.4, 0.5) is 0 Å². The van der Waals surface area contributed by atoms with Crippen molar-refractivity contribution in [3.8, 4) is 22.8 Å². The number of amides is 1. The summed E-state index contributed by atoms with van der Waals surface area (Å²) < 4.78 is 21.1. The maximum atomic E-state index is 12.2. The van der Waals surface area contributed by atoms with Gasteiger partial charge in [-0.05, 0) is 48.9 Å². The van der Waals surface area contributed by atoms with Crippen molar-refractivity contribution >= 4 is 18.1 Å². The maximum absolute atomic E-state index is 12.2. The number of rotatable bonds is 9. The molecule has 3 rings (SSSR count). The highest BCUT2D eigenvalue weighted by Crippen LogP contribution is 2.27. The Kier molecular flexibility index (Phi) is 7.64. The van der Waals surface area contributed by atoms with Gasteiger partial charge in [-0.3, -0.25) is 4.79 Å². The zero-order chi connectivity index (χ0) is 22.9. The van der Waals surface area contributed by atoms with Gasteiger partial charge in [0.25, 0.3) is 0 Å². The Balaban J connectivity index is 1.56. The highest BCUT2D eigenvalue weighted by Gasteiger charge is 2.10. The molecule has 0 unspecified atom stereocenters. The molecule has 0 atom stereocenters. The van der Waals surface area contributed by atoms with E-state index in [9.17, 15) is 9.59 Å². The molecule has 32 heavy (non-hydrogen) atoms. The van der Waals surface area contributed by atoms with Crippen molar-refractivity contribution in [2.75, 3.05) is 20.8 Å². The third-order valence-corrected chi connectivity index (χ3v) is 4.50. The van der Waals surface area contributed by atoms with Gasteiger partial charge in [-0.2, -0.15) is 5.10 Å². The van der Waals surface area contributed by atoms with E-state index in [0.717, 1.165) is 11.1 Å². The number of hydrazone groups is 1. The van der Waals surface area contributed by atoms with Crippen molar-refractivity contribution in [1.29, 1.82) is 0 Å². The second-order valence-electron chi connectivity index (χ2n) is 6.66. The average Bonchev–Trinajstić information content (AvgIpc) is 3.28. The number of furan rings is 1. The van der Waals surface area contributed by atoms with Crippen LogP contribution in [0.2, 0.25) is 0 Å². The number of esters is 1. The first kappa shape index (κ1) is 22.6. The topological polar surface area (TPSA) is 99.4 Å². The smallest absolute Gasteiger partial charge is 0.338 e. The maximum Gasteiger partial charge on any atom is 0.338 e. The fourth-order valence-corrected chi connectivity index (χ4v) is 2.95. The number of hydrogen-bond donors (Lipinski definition) is 1. The van der Waals surface area contributed by atoms with Crippen LogP contribution in [0.3, 0.4) is 0 Å². The Labute approximate surface area is 185 Å². The van der Waals surface area contributed by atoms with E-state index in [0.29, 0.717) is 35.2 Å². The van der Waals surface area contributed by atoms with Crippen LogP contribution in [0.25, 0.3) is 11.3 Å². The molecule has 0 radical (unpaired) electrons. The number of benzene rings is 2. The van der Waals surface area contributed by atoms with Crippen molar-refractivity contribution in [3.05, 3.63) is 71.5 Å². The monoisotopic (exact) mass is 436 g/mol. The summed E-state index contributed by atoms with van der Waals surface area (Å²) in [6, 6.07) is 15.7. The number of nitrogens with one attached hydrogen (secondary N) is 1. The quantitative estimate of drug-likeness (QED) is 0.311. The minimum absolute atomic E-state index is 0.133. The van der Waals surface area contributed by atoms with Crippen LogP contribution in [0.1, 0.15) is 28.6 Å². The second kappa shape index (κ2) is 10.8. The molecule has 3 aromatic rings. The van der Waals surface area contributed by atoms with Crippen LogP contribution in [0.15, 0.2) is 64.1 Å². The molecule has 0 aliphatic heterocycles.